The Kier molecular flexibility index (Phi) is 3.78. The zero-order chi connectivity index (χ0) is 13.1. The fraction of sp³-hybridized carbons (Fsp3) is 0.429. The van der Waals surface area contributed by atoms with Gasteiger partial charge in [0.05, 0.1) is 10.7 Å². The first kappa shape index (κ1) is 13.1. The summed E-state index contributed by atoms with van der Waals surface area (Å²) >= 11 is 0. The van der Waals surface area contributed by atoms with Crippen LogP contribution in [0, 0.1) is 10.1 Å². The summed E-state index contributed by atoms with van der Waals surface area (Å²) in [6.45, 7) is 0.0100. The zero-order valence-electron chi connectivity index (χ0n) is 8.95. The fourth-order valence-corrected chi connectivity index (χ4v) is 1.48. The molecule has 1 heterocycles. The molecule has 1 aromatic rings. The van der Waals surface area contributed by atoms with Crippen LogP contribution in [0.4, 0.5) is 17.5 Å². The molecule has 17 heavy (non-hydrogen) atoms. The fourth-order valence-electron chi connectivity index (χ4n) is 1.01. The van der Waals surface area contributed by atoms with Crippen molar-refractivity contribution in [3.8, 4) is 0 Å². The van der Waals surface area contributed by atoms with Crippen LogP contribution < -0.4 is 11.1 Å². The minimum absolute atomic E-state index is 0.0100. The van der Waals surface area contributed by atoms with E-state index in [0.717, 1.165) is 12.5 Å². The van der Waals surface area contributed by atoms with E-state index in [1.807, 2.05) is 0 Å². The lowest BCUT2D eigenvalue weighted by molar-refractivity contribution is -0.384. The third kappa shape index (κ3) is 4.18. The van der Waals surface area contributed by atoms with Gasteiger partial charge in [-0.05, 0) is 0 Å². The van der Waals surface area contributed by atoms with Gasteiger partial charge in [-0.3, -0.25) is 10.1 Å². The Hall–Kier alpha value is -1.97. The molecule has 0 saturated carbocycles. The third-order valence-corrected chi connectivity index (χ3v) is 2.70. The molecule has 1 rings (SSSR count). The van der Waals surface area contributed by atoms with Crippen LogP contribution in [-0.2, 0) is 9.84 Å². The summed E-state index contributed by atoms with van der Waals surface area (Å²) in [5, 5.41) is 13.2. The van der Waals surface area contributed by atoms with Gasteiger partial charge < -0.3 is 11.1 Å². The monoisotopic (exact) mass is 261 g/mol. The number of aromatic nitrogens is 2. The molecular formula is C7H11N5O4S. The molecule has 1 aromatic heterocycles. The van der Waals surface area contributed by atoms with Crippen molar-refractivity contribution < 1.29 is 13.3 Å². The lowest BCUT2D eigenvalue weighted by Crippen LogP contribution is -2.16. The molecule has 0 saturated heterocycles. The van der Waals surface area contributed by atoms with Crippen molar-refractivity contribution in [2.24, 2.45) is 0 Å². The second kappa shape index (κ2) is 4.91. The van der Waals surface area contributed by atoms with Crippen molar-refractivity contribution in [2.75, 3.05) is 29.6 Å². The quantitative estimate of drug-likeness (QED) is 0.529. The minimum Gasteiger partial charge on any atom is -0.368 e. The van der Waals surface area contributed by atoms with E-state index >= 15 is 0 Å². The van der Waals surface area contributed by atoms with Gasteiger partial charge in [0.25, 0.3) is 0 Å². The van der Waals surface area contributed by atoms with Crippen molar-refractivity contribution in [3.63, 3.8) is 0 Å². The highest BCUT2D eigenvalue weighted by molar-refractivity contribution is 7.90. The molecule has 94 valence electrons. The maximum absolute atomic E-state index is 10.9. The minimum atomic E-state index is -3.14. The Morgan fingerprint density at radius 1 is 1.59 bits per heavy atom. The standard InChI is InChI=1S/C7H11N5O4S/c1-17(15,16)3-2-9-6-5(12(13)14)4-10-7(8)11-6/h4H,2-3H2,1H3,(H3,8,9,10,11). The molecular weight excluding hydrogens is 250 g/mol. The zero-order valence-corrected chi connectivity index (χ0v) is 9.77. The Morgan fingerprint density at radius 3 is 2.76 bits per heavy atom. The van der Waals surface area contributed by atoms with Gasteiger partial charge in [0, 0.05) is 12.8 Å². The van der Waals surface area contributed by atoms with E-state index in [1.165, 1.54) is 0 Å². The summed E-state index contributed by atoms with van der Waals surface area (Å²) in [4.78, 5) is 17.1. The van der Waals surface area contributed by atoms with Crippen molar-refractivity contribution in [3.05, 3.63) is 16.3 Å². The lowest BCUT2D eigenvalue weighted by Gasteiger charge is -2.05. The molecule has 0 amide bonds. The molecule has 0 spiro atoms. The molecule has 0 aliphatic carbocycles. The first-order valence-corrected chi connectivity index (χ1v) is 6.54. The van der Waals surface area contributed by atoms with Crippen molar-refractivity contribution in [2.45, 2.75) is 0 Å². The van der Waals surface area contributed by atoms with E-state index in [-0.39, 0.29) is 29.8 Å². The van der Waals surface area contributed by atoms with Gasteiger partial charge in [0.2, 0.25) is 11.8 Å². The van der Waals surface area contributed by atoms with Crippen LogP contribution in [-0.4, -0.2) is 41.9 Å². The van der Waals surface area contributed by atoms with E-state index in [0.29, 0.717) is 0 Å². The van der Waals surface area contributed by atoms with Gasteiger partial charge in [-0.1, -0.05) is 0 Å². The van der Waals surface area contributed by atoms with Crippen LogP contribution in [0.15, 0.2) is 6.20 Å². The summed E-state index contributed by atoms with van der Waals surface area (Å²) in [6.07, 6.45) is 2.03. The molecule has 3 N–H and O–H groups in total. The molecule has 0 radical (unpaired) electrons. The highest BCUT2D eigenvalue weighted by Crippen LogP contribution is 2.20. The number of rotatable bonds is 5. The number of nitro groups is 1. The Bertz CT molecular complexity index is 529. The first-order valence-electron chi connectivity index (χ1n) is 4.48. The number of anilines is 2. The number of nitrogens with zero attached hydrogens (tertiary/aromatic N) is 3. The van der Waals surface area contributed by atoms with E-state index < -0.39 is 14.8 Å². The summed E-state index contributed by atoms with van der Waals surface area (Å²) in [6, 6.07) is 0. The van der Waals surface area contributed by atoms with E-state index in [1.54, 1.807) is 0 Å². The normalized spacial score (nSPS) is 11.1. The van der Waals surface area contributed by atoms with Crippen molar-refractivity contribution >= 4 is 27.3 Å². The number of hydrogen-bond acceptors (Lipinski definition) is 8. The summed E-state index contributed by atoms with van der Waals surface area (Å²) in [5.74, 6) is -0.378. The summed E-state index contributed by atoms with van der Waals surface area (Å²) < 4.78 is 21.8. The van der Waals surface area contributed by atoms with Crippen LogP contribution in [0.5, 0.6) is 0 Å². The van der Waals surface area contributed by atoms with Crippen molar-refractivity contribution in [1.29, 1.82) is 0 Å². The second-order valence-corrected chi connectivity index (χ2v) is 5.54. The highest BCUT2D eigenvalue weighted by Gasteiger charge is 2.16. The molecule has 0 aliphatic heterocycles. The van der Waals surface area contributed by atoms with Crippen LogP contribution in [0.1, 0.15) is 0 Å². The Morgan fingerprint density at radius 2 is 2.24 bits per heavy atom. The smallest absolute Gasteiger partial charge is 0.329 e. The Balaban J connectivity index is 2.82. The van der Waals surface area contributed by atoms with Gasteiger partial charge in [0.15, 0.2) is 0 Å². The topological polar surface area (TPSA) is 141 Å². The van der Waals surface area contributed by atoms with Gasteiger partial charge >= 0.3 is 5.69 Å². The van der Waals surface area contributed by atoms with Gasteiger partial charge in [-0.2, -0.15) is 4.98 Å². The number of sulfone groups is 1. The molecule has 0 unspecified atom stereocenters. The SMILES string of the molecule is CS(=O)(=O)CCNc1nc(N)ncc1[N+](=O)[O-]. The van der Waals surface area contributed by atoms with Gasteiger partial charge in [0.1, 0.15) is 16.0 Å². The van der Waals surface area contributed by atoms with E-state index in [4.69, 9.17) is 5.73 Å². The maximum Gasteiger partial charge on any atom is 0.329 e. The number of hydrogen-bond donors (Lipinski definition) is 2. The first-order chi connectivity index (χ1) is 7.79. The highest BCUT2D eigenvalue weighted by atomic mass is 32.2. The molecule has 0 aliphatic rings. The lowest BCUT2D eigenvalue weighted by atomic mass is 10.4. The summed E-state index contributed by atoms with van der Waals surface area (Å²) in [7, 11) is -3.14. The van der Waals surface area contributed by atoms with Crippen molar-refractivity contribution in [1.82, 2.24) is 9.97 Å². The van der Waals surface area contributed by atoms with Crippen LogP contribution in [0.3, 0.4) is 0 Å². The van der Waals surface area contributed by atoms with Gasteiger partial charge in [-0.25, -0.2) is 13.4 Å². The molecule has 9 nitrogen and oxygen atoms in total. The van der Waals surface area contributed by atoms with Gasteiger partial charge in [-0.15, -0.1) is 0 Å². The molecule has 0 atom stereocenters. The molecule has 10 heteroatoms. The summed E-state index contributed by atoms with van der Waals surface area (Å²) in [5.41, 5.74) is 4.93. The largest absolute Gasteiger partial charge is 0.368 e. The number of nitrogen functional groups attached to an aromatic ring is 1. The van der Waals surface area contributed by atoms with Crippen LogP contribution >= 0.6 is 0 Å². The third-order valence-electron chi connectivity index (χ3n) is 1.75. The predicted octanol–water partition coefficient (Wildman–Crippen LogP) is -0.577. The Labute approximate surface area is 97.1 Å². The molecule has 0 fully saturated rings. The van der Waals surface area contributed by atoms with E-state index in [2.05, 4.69) is 15.3 Å². The maximum atomic E-state index is 10.9. The molecule has 0 bridgehead atoms. The van der Waals surface area contributed by atoms with E-state index in [9.17, 15) is 18.5 Å². The predicted molar refractivity (Wildman–Crippen MR) is 61.3 cm³/mol. The average Bonchev–Trinajstić information content (AvgIpc) is 2.15. The average molecular weight is 261 g/mol. The number of nitrogens with two attached hydrogens (primary N) is 1. The second-order valence-electron chi connectivity index (χ2n) is 3.28. The molecule has 0 aromatic carbocycles. The van der Waals surface area contributed by atoms with Crippen LogP contribution in [0.25, 0.3) is 0 Å². The number of nitrogens with one attached hydrogen (secondary N) is 1. The van der Waals surface area contributed by atoms with Crippen LogP contribution in [0.2, 0.25) is 0 Å².